The van der Waals surface area contributed by atoms with Gasteiger partial charge in [-0.1, -0.05) is 0 Å². The highest BCUT2D eigenvalue weighted by Crippen LogP contribution is 2.33. The Balaban J connectivity index is 2.25. The maximum absolute atomic E-state index is 5.85. The number of rotatable bonds is 4. The van der Waals surface area contributed by atoms with Crippen molar-refractivity contribution in [1.82, 2.24) is 15.2 Å². The summed E-state index contributed by atoms with van der Waals surface area (Å²) in [5.41, 5.74) is 3.74. The summed E-state index contributed by atoms with van der Waals surface area (Å²) in [6.07, 6.45) is 4.10. The van der Waals surface area contributed by atoms with Gasteiger partial charge in [-0.15, -0.1) is 0 Å². The molecule has 1 aliphatic heterocycles. The van der Waals surface area contributed by atoms with Crippen LogP contribution in [0.15, 0.2) is 6.20 Å². The summed E-state index contributed by atoms with van der Waals surface area (Å²) in [5, 5.41) is 4.19. The van der Waals surface area contributed by atoms with Gasteiger partial charge in [-0.05, 0) is 19.8 Å². The lowest BCUT2D eigenvalue weighted by Crippen LogP contribution is -2.38. The summed E-state index contributed by atoms with van der Waals surface area (Å²) in [6, 6.07) is -0.0950. The molecule has 2 heterocycles. The van der Waals surface area contributed by atoms with E-state index in [4.69, 9.17) is 15.3 Å². The predicted octanol–water partition coefficient (Wildman–Crippen LogP) is 0.501. The second-order valence-electron chi connectivity index (χ2n) is 4.43. The minimum atomic E-state index is -0.0950. The molecule has 2 rings (SSSR count). The van der Waals surface area contributed by atoms with Gasteiger partial charge in [0, 0.05) is 7.05 Å². The average molecular weight is 240 g/mol. The number of hydrogen-bond acceptors (Lipinski definition) is 5. The first-order valence-electron chi connectivity index (χ1n) is 5.84. The van der Waals surface area contributed by atoms with Crippen LogP contribution in [-0.2, 0) is 11.8 Å². The first kappa shape index (κ1) is 12.3. The lowest BCUT2D eigenvalue weighted by Gasteiger charge is -2.23. The molecular weight excluding hydrogens is 220 g/mol. The minimum absolute atomic E-state index is 0.0688. The Morgan fingerprint density at radius 2 is 2.41 bits per heavy atom. The van der Waals surface area contributed by atoms with Gasteiger partial charge in [0.15, 0.2) is 5.75 Å². The lowest BCUT2D eigenvalue weighted by atomic mass is 10.0. The number of aromatic nitrogens is 2. The van der Waals surface area contributed by atoms with Gasteiger partial charge >= 0.3 is 0 Å². The summed E-state index contributed by atoms with van der Waals surface area (Å²) >= 11 is 0. The van der Waals surface area contributed by atoms with Crippen molar-refractivity contribution in [2.24, 2.45) is 12.9 Å². The van der Waals surface area contributed by atoms with Crippen molar-refractivity contribution in [3.8, 4) is 5.75 Å². The molecule has 1 fully saturated rings. The first-order chi connectivity index (χ1) is 8.17. The standard InChI is InChI=1S/C11H20N4O2/c1-7-4-5-8(17-7)10(14-12)11-9(16-3)6-13-15(11)2/h6-8,10,14H,4-5,12H2,1-3H3. The van der Waals surface area contributed by atoms with E-state index in [1.807, 2.05) is 7.05 Å². The molecule has 3 atom stereocenters. The summed E-state index contributed by atoms with van der Waals surface area (Å²) in [4.78, 5) is 0. The third-order valence-corrected chi connectivity index (χ3v) is 3.28. The van der Waals surface area contributed by atoms with E-state index >= 15 is 0 Å². The largest absolute Gasteiger partial charge is 0.493 e. The van der Waals surface area contributed by atoms with Crippen LogP contribution in [0.3, 0.4) is 0 Å². The number of hydrogen-bond donors (Lipinski definition) is 2. The minimum Gasteiger partial charge on any atom is -0.493 e. The monoisotopic (exact) mass is 240 g/mol. The number of aryl methyl sites for hydroxylation is 1. The Hall–Kier alpha value is -1.11. The Kier molecular flexibility index (Phi) is 3.66. The van der Waals surface area contributed by atoms with Crippen LogP contribution in [0.2, 0.25) is 0 Å². The van der Waals surface area contributed by atoms with Crippen LogP contribution in [0.5, 0.6) is 5.75 Å². The van der Waals surface area contributed by atoms with Gasteiger partial charge < -0.3 is 9.47 Å². The smallest absolute Gasteiger partial charge is 0.161 e. The number of nitrogens with two attached hydrogens (primary N) is 1. The molecule has 0 radical (unpaired) electrons. The normalized spacial score (nSPS) is 26.1. The third kappa shape index (κ3) is 2.29. The molecule has 0 spiro atoms. The highest BCUT2D eigenvalue weighted by atomic mass is 16.5. The van der Waals surface area contributed by atoms with Gasteiger partial charge in [-0.2, -0.15) is 5.10 Å². The molecule has 1 saturated heterocycles. The first-order valence-corrected chi connectivity index (χ1v) is 5.84. The van der Waals surface area contributed by atoms with Crippen molar-refractivity contribution in [3.63, 3.8) is 0 Å². The maximum atomic E-state index is 5.85. The molecule has 0 aromatic carbocycles. The summed E-state index contributed by atoms with van der Waals surface area (Å²) < 4.78 is 12.9. The average Bonchev–Trinajstić information content (AvgIpc) is 2.89. The van der Waals surface area contributed by atoms with E-state index in [1.54, 1.807) is 18.0 Å². The molecule has 3 unspecified atom stereocenters. The number of nitrogens with one attached hydrogen (secondary N) is 1. The Morgan fingerprint density at radius 3 is 2.94 bits per heavy atom. The molecule has 96 valence electrons. The van der Waals surface area contributed by atoms with Crippen LogP contribution in [0.25, 0.3) is 0 Å². The molecule has 6 nitrogen and oxygen atoms in total. The zero-order chi connectivity index (χ0) is 12.4. The Labute approximate surface area is 101 Å². The molecule has 1 aromatic heterocycles. The number of nitrogens with zero attached hydrogens (tertiary/aromatic N) is 2. The van der Waals surface area contributed by atoms with Gasteiger partial charge in [-0.25, -0.2) is 5.43 Å². The van der Waals surface area contributed by atoms with E-state index < -0.39 is 0 Å². The van der Waals surface area contributed by atoms with Gasteiger partial charge in [0.25, 0.3) is 0 Å². The maximum Gasteiger partial charge on any atom is 0.161 e. The quantitative estimate of drug-likeness (QED) is 0.592. The molecule has 17 heavy (non-hydrogen) atoms. The van der Waals surface area contributed by atoms with Gasteiger partial charge in [0.05, 0.1) is 31.6 Å². The second kappa shape index (κ2) is 5.03. The predicted molar refractivity (Wildman–Crippen MR) is 63.4 cm³/mol. The van der Waals surface area contributed by atoms with Crippen molar-refractivity contribution in [1.29, 1.82) is 0 Å². The van der Waals surface area contributed by atoms with Gasteiger partial charge in [0.2, 0.25) is 0 Å². The van der Waals surface area contributed by atoms with Crippen LogP contribution in [0.4, 0.5) is 0 Å². The van der Waals surface area contributed by atoms with E-state index in [9.17, 15) is 0 Å². The van der Waals surface area contributed by atoms with Crippen molar-refractivity contribution in [2.45, 2.75) is 38.0 Å². The molecular formula is C11H20N4O2. The zero-order valence-electron chi connectivity index (χ0n) is 10.5. The highest BCUT2D eigenvalue weighted by Gasteiger charge is 2.33. The van der Waals surface area contributed by atoms with Gasteiger partial charge in [0.1, 0.15) is 5.69 Å². The fourth-order valence-corrected chi connectivity index (χ4v) is 2.38. The van der Waals surface area contributed by atoms with E-state index in [1.165, 1.54) is 0 Å². The Bertz CT molecular complexity index is 380. The molecule has 1 aliphatic rings. The topological polar surface area (TPSA) is 74.3 Å². The molecule has 0 bridgehead atoms. The number of methoxy groups -OCH3 is 1. The number of ether oxygens (including phenoxy) is 2. The lowest BCUT2D eigenvalue weighted by molar-refractivity contribution is 0.0293. The second-order valence-corrected chi connectivity index (χ2v) is 4.43. The van der Waals surface area contributed by atoms with E-state index in [2.05, 4.69) is 17.4 Å². The van der Waals surface area contributed by atoms with Crippen LogP contribution < -0.4 is 16.0 Å². The molecule has 1 aromatic rings. The fourth-order valence-electron chi connectivity index (χ4n) is 2.38. The van der Waals surface area contributed by atoms with E-state index in [-0.39, 0.29) is 18.2 Å². The third-order valence-electron chi connectivity index (χ3n) is 3.28. The highest BCUT2D eigenvalue weighted by molar-refractivity contribution is 5.29. The van der Waals surface area contributed by atoms with Crippen LogP contribution in [-0.4, -0.2) is 29.1 Å². The van der Waals surface area contributed by atoms with Crippen molar-refractivity contribution in [2.75, 3.05) is 7.11 Å². The van der Waals surface area contributed by atoms with Gasteiger partial charge in [-0.3, -0.25) is 10.5 Å². The SMILES string of the molecule is COc1cnn(C)c1C(NN)C1CCC(C)O1. The Morgan fingerprint density at radius 1 is 1.65 bits per heavy atom. The summed E-state index contributed by atoms with van der Waals surface area (Å²) in [7, 11) is 3.51. The molecule has 6 heteroatoms. The number of hydrazine groups is 1. The van der Waals surface area contributed by atoms with Crippen LogP contribution >= 0.6 is 0 Å². The van der Waals surface area contributed by atoms with Crippen LogP contribution in [0.1, 0.15) is 31.5 Å². The zero-order valence-corrected chi connectivity index (χ0v) is 10.5. The molecule has 0 aliphatic carbocycles. The molecule has 0 saturated carbocycles. The fraction of sp³-hybridized carbons (Fsp3) is 0.727. The van der Waals surface area contributed by atoms with E-state index in [0.29, 0.717) is 0 Å². The molecule has 3 N–H and O–H groups in total. The summed E-state index contributed by atoms with van der Waals surface area (Å²) in [6.45, 7) is 2.08. The van der Waals surface area contributed by atoms with E-state index in [0.717, 1.165) is 24.3 Å². The van der Waals surface area contributed by atoms with Crippen molar-refractivity contribution in [3.05, 3.63) is 11.9 Å². The van der Waals surface area contributed by atoms with Crippen molar-refractivity contribution < 1.29 is 9.47 Å². The van der Waals surface area contributed by atoms with Crippen LogP contribution in [0, 0.1) is 0 Å². The summed E-state index contributed by atoms with van der Waals surface area (Å²) in [5.74, 6) is 6.39. The van der Waals surface area contributed by atoms with Crippen molar-refractivity contribution >= 4 is 0 Å². The molecule has 0 amide bonds.